The van der Waals surface area contributed by atoms with E-state index < -0.39 is 17.8 Å². The van der Waals surface area contributed by atoms with Crippen LogP contribution in [0.1, 0.15) is 61.9 Å². The molecule has 0 saturated carbocycles. The molecule has 2 rings (SSSR count). The van der Waals surface area contributed by atoms with E-state index in [0.717, 1.165) is 12.0 Å². The highest BCUT2D eigenvalue weighted by Gasteiger charge is 2.23. The molecule has 3 N–H and O–H groups in total. The van der Waals surface area contributed by atoms with E-state index in [4.69, 9.17) is 4.74 Å². The molecule has 1 aromatic heterocycles. The van der Waals surface area contributed by atoms with Crippen molar-refractivity contribution >= 4 is 17.8 Å². The molecule has 0 bridgehead atoms. The van der Waals surface area contributed by atoms with E-state index in [1.165, 1.54) is 7.11 Å². The fourth-order valence-corrected chi connectivity index (χ4v) is 2.67. The number of rotatable bonds is 5. The Hall–Kier alpha value is -3.09. The van der Waals surface area contributed by atoms with Gasteiger partial charge in [0.2, 0.25) is 0 Å². The zero-order chi connectivity index (χ0) is 19.3. The Morgan fingerprint density at radius 1 is 1.00 bits per heavy atom. The summed E-state index contributed by atoms with van der Waals surface area (Å²) in [6, 6.07) is 7.12. The summed E-state index contributed by atoms with van der Waals surface area (Å²) >= 11 is 0. The van der Waals surface area contributed by atoms with Crippen molar-refractivity contribution in [1.29, 1.82) is 0 Å². The topological polar surface area (TPSA) is 100 Å². The van der Waals surface area contributed by atoms with Gasteiger partial charge in [0.1, 0.15) is 5.69 Å². The quantitative estimate of drug-likeness (QED) is 0.565. The van der Waals surface area contributed by atoms with E-state index in [1.807, 2.05) is 26.0 Å². The lowest BCUT2D eigenvalue weighted by Crippen LogP contribution is -2.42. The maximum Gasteiger partial charge on any atom is 0.339 e. The van der Waals surface area contributed by atoms with Crippen LogP contribution in [0.2, 0.25) is 0 Å². The second-order valence-electron chi connectivity index (χ2n) is 5.78. The smallest absolute Gasteiger partial charge is 0.339 e. The van der Waals surface area contributed by atoms with Gasteiger partial charge >= 0.3 is 5.97 Å². The highest BCUT2D eigenvalue weighted by molar-refractivity contribution is 6.02. The van der Waals surface area contributed by atoms with Crippen molar-refractivity contribution in [2.24, 2.45) is 0 Å². The summed E-state index contributed by atoms with van der Waals surface area (Å²) in [6.07, 6.45) is 1.42. The van der Waals surface area contributed by atoms with Crippen LogP contribution in [-0.4, -0.2) is 29.9 Å². The number of aryl methyl sites for hydroxylation is 2. The molecule has 1 aromatic carbocycles. The van der Waals surface area contributed by atoms with E-state index >= 15 is 0 Å². The summed E-state index contributed by atoms with van der Waals surface area (Å²) in [5.41, 5.74) is 7.96. The average molecular weight is 357 g/mol. The third-order valence-electron chi connectivity index (χ3n) is 4.21. The van der Waals surface area contributed by atoms with Crippen LogP contribution >= 0.6 is 0 Å². The number of H-pyrrole nitrogens is 1. The molecule has 2 amide bonds. The molecule has 1 heterocycles. The Balaban J connectivity index is 2.11. The maximum absolute atomic E-state index is 12.4. The van der Waals surface area contributed by atoms with E-state index in [9.17, 15) is 14.4 Å². The second kappa shape index (κ2) is 8.33. The first kappa shape index (κ1) is 19.2. The Morgan fingerprint density at radius 3 is 2.15 bits per heavy atom. The van der Waals surface area contributed by atoms with Crippen LogP contribution in [0, 0.1) is 6.92 Å². The third kappa shape index (κ3) is 3.93. The summed E-state index contributed by atoms with van der Waals surface area (Å²) < 4.78 is 4.77. The van der Waals surface area contributed by atoms with Crippen molar-refractivity contribution < 1.29 is 19.1 Å². The minimum absolute atomic E-state index is 0.212. The van der Waals surface area contributed by atoms with Crippen LogP contribution in [-0.2, 0) is 17.6 Å². The number of aromatic amines is 1. The van der Waals surface area contributed by atoms with Gasteiger partial charge in [-0.3, -0.25) is 20.4 Å². The normalized spacial score (nSPS) is 10.3. The highest BCUT2D eigenvalue weighted by atomic mass is 16.5. The lowest BCUT2D eigenvalue weighted by molar-refractivity contribution is 0.0598. The molecule has 0 atom stereocenters. The van der Waals surface area contributed by atoms with Crippen LogP contribution in [0.3, 0.4) is 0 Å². The molecule has 0 aliphatic heterocycles. The van der Waals surface area contributed by atoms with Gasteiger partial charge in [-0.25, -0.2) is 4.79 Å². The molecular weight excluding hydrogens is 334 g/mol. The number of ether oxygens (including phenoxy) is 1. The largest absolute Gasteiger partial charge is 0.465 e. The fraction of sp³-hybridized carbons (Fsp3) is 0.316. The number of carbonyl (C=O) groups excluding carboxylic acids is 3. The van der Waals surface area contributed by atoms with Gasteiger partial charge < -0.3 is 9.72 Å². The highest BCUT2D eigenvalue weighted by Crippen LogP contribution is 2.20. The molecule has 0 saturated heterocycles. The number of esters is 1. The minimum atomic E-state index is -0.536. The van der Waals surface area contributed by atoms with E-state index in [2.05, 4.69) is 15.8 Å². The number of hydrogen-bond donors (Lipinski definition) is 3. The van der Waals surface area contributed by atoms with Crippen molar-refractivity contribution in [3.05, 3.63) is 57.9 Å². The molecule has 7 nitrogen and oxygen atoms in total. The predicted octanol–water partition coefficient (Wildman–Crippen LogP) is 2.31. The number of hydrogen-bond acceptors (Lipinski definition) is 4. The van der Waals surface area contributed by atoms with E-state index in [-0.39, 0.29) is 5.69 Å². The summed E-state index contributed by atoms with van der Waals surface area (Å²) in [7, 11) is 1.29. The second-order valence-corrected chi connectivity index (χ2v) is 5.78. The van der Waals surface area contributed by atoms with Crippen molar-refractivity contribution in [3.63, 3.8) is 0 Å². The van der Waals surface area contributed by atoms with Crippen molar-refractivity contribution in [1.82, 2.24) is 15.8 Å². The molecule has 138 valence electrons. The first-order chi connectivity index (χ1) is 12.4. The Morgan fingerprint density at radius 2 is 1.62 bits per heavy atom. The van der Waals surface area contributed by atoms with Gasteiger partial charge in [-0.2, -0.15) is 0 Å². The van der Waals surface area contributed by atoms with Crippen LogP contribution in [0.25, 0.3) is 0 Å². The van der Waals surface area contributed by atoms with Crippen LogP contribution in [0.4, 0.5) is 0 Å². The van der Waals surface area contributed by atoms with E-state index in [1.54, 1.807) is 19.1 Å². The molecule has 0 aliphatic carbocycles. The van der Waals surface area contributed by atoms with E-state index in [0.29, 0.717) is 28.8 Å². The number of benzene rings is 1. The minimum Gasteiger partial charge on any atom is -0.465 e. The summed E-state index contributed by atoms with van der Waals surface area (Å²) in [5, 5.41) is 0. The van der Waals surface area contributed by atoms with Gasteiger partial charge in [0.05, 0.1) is 12.7 Å². The number of aromatic nitrogens is 1. The van der Waals surface area contributed by atoms with Gasteiger partial charge in [0, 0.05) is 11.3 Å². The average Bonchev–Trinajstić information content (AvgIpc) is 3.01. The zero-order valence-electron chi connectivity index (χ0n) is 15.4. The van der Waals surface area contributed by atoms with Gasteiger partial charge in [-0.1, -0.05) is 26.0 Å². The van der Waals surface area contributed by atoms with Crippen molar-refractivity contribution in [2.75, 3.05) is 7.11 Å². The fourth-order valence-electron chi connectivity index (χ4n) is 2.67. The molecular formula is C19H23N3O4. The number of amides is 2. The van der Waals surface area contributed by atoms with Gasteiger partial charge in [-0.15, -0.1) is 0 Å². The number of nitrogens with one attached hydrogen (secondary N) is 3. The Bertz CT molecular complexity index is 822. The van der Waals surface area contributed by atoms with Gasteiger partial charge in [-0.05, 0) is 43.0 Å². The molecule has 26 heavy (non-hydrogen) atoms. The first-order valence-corrected chi connectivity index (χ1v) is 8.42. The molecule has 2 aromatic rings. The zero-order valence-corrected chi connectivity index (χ0v) is 15.4. The standard InChI is InChI=1S/C19H23N3O4/c1-5-12-7-9-13(10-8-12)17(23)21-22-18(24)16-11(3)15(19(25)26-4)14(6-2)20-16/h7-10,20H,5-6H2,1-4H3,(H,21,23)(H,22,24). The predicted molar refractivity (Wildman–Crippen MR) is 97.0 cm³/mol. The van der Waals surface area contributed by atoms with Gasteiger partial charge in [0.25, 0.3) is 11.8 Å². The molecule has 0 unspecified atom stereocenters. The monoisotopic (exact) mass is 357 g/mol. The van der Waals surface area contributed by atoms with Crippen LogP contribution in [0.15, 0.2) is 24.3 Å². The maximum atomic E-state index is 12.4. The third-order valence-corrected chi connectivity index (χ3v) is 4.21. The molecule has 7 heteroatoms. The first-order valence-electron chi connectivity index (χ1n) is 8.42. The van der Waals surface area contributed by atoms with Crippen molar-refractivity contribution in [2.45, 2.75) is 33.6 Å². The molecule has 0 aliphatic rings. The molecule has 0 radical (unpaired) electrons. The van der Waals surface area contributed by atoms with Crippen LogP contribution in [0.5, 0.6) is 0 Å². The number of carbonyl (C=O) groups is 3. The lowest BCUT2D eigenvalue weighted by atomic mass is 10.1. The van der Waals surface area contributed by atoms with Crippen LogP contribution < -0.4 is 10.9 Å². The summed E-state index contributed by atoms with van der Waals surface area (Å²) in [6.45, 7) is 5.55. The summed E-state index contributed by atoms with van der Waals surface area (Å²) in [5.74, 6) is -1.46. The number of hydrazine groups is 1. The molecule has 0 fully saturated rings. The Labute approximate surface area is 152 Å². The lowest BCUT2D eigenvalue weighted by Gasteiger charge is -2.08. The van der Waals surface area contributed by atoms with Gasteiger partial charge in [0.15, 0.2) is 0 Å². The summed E-state index contributed by atoms with van der Waals surface area (Å²) in [4.78, 5) is 39.4. The number of methoxy groups -OCH3 is 1. The molecule has 0 spiro atoms. The SMILES string of the molecule is CCc1ccc(C(=O)NNC(=O)c2[nH]c(CC)c(C(=O)OC)c2C)cc1. The Kier molecular flexibility index (Phi) is 6.16. The van der Waals surface area contributed by atoms with Crippen molar-refractivity contribution in [3.8, 4) is 0 Å².